The summed E-state index contributed by atoms with van der Waals surface area (Å²) in [6.45, 7) is 8.11. The molecule has 0 bridgehead atoms. The van der Waals surface area contributed by atoms with Crippen LogP contribution in [0.2, 0.25) is 0 Å². The molecule has 2 amide bonds. The van der Waals surface area contributed by atoms with Gasteiger partial charge in [-0.2, -0.15) is 0 Å². The number of hydrogen-bond acceptors (Lipinski definition) is 7. The molecule has 4 rings (SSSR count). The molecular formula is C24H29N5O4. The van der Waals surface area contributed by atoms with Gasteiger partial charge in [0.1, 0.15) is 11.4 Å². The first kappa shape index (κ1) is 22.6. The number of hydrogen-bond donors (Lipinski definition) is 1. The Bertz CT molecular complexity index is 1010. The van der Waals surface area contributed by atoms with Crippen molar-refractivity contribution in [2.45, 2.75) is 38.9 Å². The van der Waals surface area contributed by atoms with Crippen molar-refractivity contribution in [1.82, 2.24) is 9.88 Å². The van der Waals surface area contributed by atoms with Gasteiger partial charge in [0.2, 0.25) is 6.10 Å². The quantitative estimate of drug-likeness (QED) is 0.767. The summed E-state index contributed by atoms with van der Waals surface area (Å²) in [4.78, 5) is 38.4. The van der Waals surface area contributed by atoms with E-state index in [0.29, 0.717) is 38.4 Å². The second-order valence-electron chi connectivity index (χ2n) is 9.05. The lowest BCUT2D eigenvalue weighted by molar-refractivity contribution is -0.125. The van der Waals surface area contributed by atoms with E-state index in [-0.39, 0.29) is 12.0 Å². The third-order valence-corrected chi connectivity index (χ3v) is 5.36. The van der Waals surface area contributed by atoms with Gasteiger partial charge in [-0.3, -0.25) is 4.79 Å². The molecule has 174 valence electrons. The predicted molar refractivity (Wildman–Crippen MR) is 125 cm³/mol. The number of ether oxygens (including phenoxy) is 1. The van der Waals surface area contributed by atoms with Crippen LogP contribution in [-0.4, -0.2) is 65.5 Å². The normalized spacial score (nSPS) is 18.4. The summed E-state index contributed by atoms with van der Waals surface area (Å²) < 4.78 is 5.44. The van der Waals surface area contributed by atoms with E-state index in [1.165, 1.54) is 0 Å². The predicted octanol–water partition coefficient (Wildman–Crippen LogP) is 3.27. The number of oxime groups is 1. The first-order chi connectivity index (χ1) is 15.8. The highest BCUT2D eigenvalue weighted by Gasteiger charge is 2.29. The minimum Gasteiger partial charge on any atom is -0.444 e. The van der Waals surface area contributed by atoms with Crippen molar-refractivity contribution >= 4 is 29.2 Å². The fourth-order valence-electron chi connectivity index (χ4n) is 3.65. The molecule has 1 N–H and O–H groups in total. The first-order valence-corrected chi connectivity index (χ1v) is 11.1. The van der Waals surface area contributed by atoms with E-state index in [1.54, 1.807) is 17.2 Å². The van der Waals surface area contributed by atoms with Gasteiger partial charge in [-0.25, -0.2) is 9.78 Å². The lowest BCUT2D eigenvalue weighted by Crippen LogP contribution is -2.50. The molecule has 0 spiro atoms. The summed E-state index contributed by atoms with van der Waals surface area (Å²) in [6.07, 6.45) is 1.17. The lowest BCUT2D eigenvalue weighted by atomic mass is 10.0. The van der Waals surface area contributed by atoms with Crippen LogP contribution in [0.25, 0.3) is 0 Å². The third kappa shape index (κ3) is 5.79. The molecule has 2 aromatic rings. The standard InChI is InChI=1S/C24H29N5O4/c1-24(2,3)32-23(31)29-13-11-28(12-14-29)18-9-10-21(25-16-18)26-22(30)20-15-19(27-33-20)17-7-5-4-6-8-17/h4-10,16,20H,11-15H2,1-3H3,(H,25,26,30). The second kappa shape index (κ2) is 9.48. The average molecular weight is 452 g/mol. The van der Waals surface area contributed by atoms with Crippen molar-refractivity contribution in [1.29, 1.82) is 0 Å². The second-order valence-corrected chi connectivity index (χ2v) is 9.05. The molecule has 9 nitrogen and oxygen atoms in total. The van der Waals surface area contributed by atoms with Gasteiger partial charge in [-0.15, -0.1) is 0 Å². The molecule has 33 heavy (non-hydrogen) atoms. The van der Waals surface area contributed by atoms with Crippen LogP contribution in [0.15, 0.2) is 53.8 Å². The van der Waals surface area contributed by atoms with E-state index >= 15 is 0 Å². The number of benzene rings is 1. The molecule has 1 atom stereocenters. The summed E-state index contributed by atoms with van der Waals surface area (Å²) >= 11 is 0. The molecule has 1 fully saturated rings. The van der Waals surface area contributed by atoms with Gasteiger partial charge in [0.05, 0.1) is 17.6 Å². The SMILES string of the molecule is CC(C)(C)OC(=O)N1CCN(c2ccc(NC(=O)C3CC(c4ccccc4)=NO3)nc2)CC1. The molecule has 3 heterocycles. The smallest absolute Gasteiger partial charge is 0.410 e. The molecule has 0 saturated carbocycles. The number of nitrogens with one attached hydrogen (secondary N) is 1. The van der Waals surface area contributed by atoms with Crippen LogP contribution in [0.5, 0.6) is 0 Å². The molecule has 2 aliphatic heterocycles. The maximum absolute atomic E-state index is 12.6. The largest absolute Gasteiger partial charge is 0.444 e. The number of amides is 2. The number of piperazine rings is 1. The summed E-state index contributed by atoms with van der Waals surface area (Å²) in [7, 11) is 0. The van der Waals surface area contributed by atoms with E-state index in [2.05, 4.69) is 20.4 Å². The number of carbonyl (C=O) groups is 2. The molecule has 1 aromatic carbocycles. The zero-order valence-electron chi connectivity index (χ0n) is 19.2. The summed E-state index contributed by atoms with van der Waals surface area (Å²) in [5.41, 5.74) is 2.13. The fourth-order valence-corrected chi connectivity index (χ4v) is 3.65. The third-order valence-electron chi connectivity index (χ3n) is 5.36. The Hall–Kier alpha value is -3.62. The average Bonchev–Trinajstić information content (AvgIpc) is 3.30. The van der Waals surface area contributed by atoms with Crippen molar-refractivity contribution in [3.63, 3.8) is 0 Å². The van der Waals surface area contributed by atoms with E-state index < -0.39 is 11.7 Å². The zero-order chi connectivity index (χ0) is 23.4. The minimum atomic E-state index is -0.678. The van der Waals surface area contributed by atoms with E-state index in [0.717, 1.165) is 17.0 Å². The van der Waals surface area contributed by atoms with Crippen molar-refractivity contribution in [3.8, 4) is 0 Å². The van der Waals surface area contributed by atoms with Crippen molar-refractivity contribution in [2.24, 2.45) is 5.16 Å². The summed E-state index contributed by atoms with van der Waals surface area (Å²) in [6, 6.07) is 13.3. The molecule has 9 heteroatoms. The monoisotopic (exact) mass is 451 g/mol. The van der Waals surface area contributed by atoms with Crippen LogP contribution in [0.3, 0.4) is 0 Å². The Labute approximate surface area is 193 Å². The van der Waals surface area contributed by atoms with Crippen LogP contribution >= 0.6 is 0 Å². The highest BCUT2D eigenvalue weighted by molar-refractivity contribution is 6.05. The summed E-state index contributed by atoms with van der Waals surface area (Å²) in [5.74, 6) is 0.170. The van der Waals surface area contributed by atoms with Crippen molar-refractivity contribution < 1.29 is 19.2 Å². The fraction of sp³-hybridized carbons (Fsp3) is 0.417. The number of aromatic nitrogens is 1. The molecule has 2 aliphatic rings. The molecule has 0 aliphatic carbocycles. The maximum atomic E-state index is 12.6. The van der Waals surface area contributed by atoms with Crippen LogP contribution in [0.4, 0.5) is 16.3 Å². The lowest BCUT2D eigenvalue weighted by Gasteiger charge is -2.36. The molecule has 1 unspecified atom stereocenters. The van der Waals surface area contributed by atoms with Crippen molar-refractivity contribution in [3.05, 3.63) is 54.2 Å². The number of carbonyl (C=O) groups excluding carboxylic acids is 2. The van der Waals surface area contributed by atoms with Gasteiger partial charge in [0.25, 0.3) is 5.91 Å². The molecule has 0 radical (unpaired) electrons. The van der Waals surface area contributed by atoms with Crippen LogP contribution < -0.4 is 10.2 Å². The van der Waals surface area contributed by atoms with Crippen LogP contribution in [-0.2, 0) is 14.4 Å². The number of rotatable bonds is 4. The van der Waals surface area contributed by atoms with Gasteiger partial charge in [-0.05, 0) is 38.5 Å². The van der Waals surface area contributed by atoms with Gasteiger partial charge < -0.3 is 24.7 Å². The maximum Gasteiger partial charge on any atom is 0.410 e. The zero-order valence-corrected chi connectivity index (χ0v) is 19.2. The van der Waals surface area contributed by atoms with Gasteiger partial charge >= 0.3 is 6.09 Å². The van der Waals surface area contributed by atoms with Crippen LogP contribution in [0.1, 0.15) is 32.8 Å². The van der Waals surface area contributed by atoms with Crippen molar-refractivity contribution in [2.75, 3.05) is 36.4 Å². The number of nitrogens with zero attached hydrogens (tertiary/aromatic N) is 4. The van der Waals surface area contributed by atoms with E-state index in [1.807, 2.05) is 57.2 Å². The highest BCUT2D eigenvalue weighted by atomic mass is 16.6. The number of pyridine rings is 1. The molecule has 1 aromatic heterocycles. The first-order valence-electron chi connectivity index (χ1n) is 11.1. The molecular weight excluding hydrogens is 422 g/mol. The Kier molecular flexibility index (Phi) is 6.48. The topological polar surface area (TPSA) is 96.4 Å². The Morgan fingerprint density at radius 3 is 2.42 bits per heavy atom. The van der Waals surface area contributed by atoms with Gasteiger partial charge in [0.15, 0.2) is 0 Å². The minimum absolute atomic E-state index is 0.282. The van der Waals surface area contributed by atoms with E-state index in [9.17, 15) is 9.59 Å². The Morgan fingerprint density at radius 1 is 1.06 bits per heavy atom. The van der Waals surface area contributed by atoms with Crippen LogP contribution in [0, 0.1) is 0 Å². The molecule has 1 saturated heterocycles. The van der Waals surface area contributed by atoms with E-state index in [4.69, 9.17) is 9.57 Å². The Balaban J connectivity index is 1.26. The van der Waals surface area contributed by atoms with Gasteiger partial charge in [0, 0.05) is 32.6 Å². The summed E-state index contributed by atoms with van der Waals surface area (Å²) in [5, 5.41) is 6.85. The highest BCUT2D eigenvalue weighted by Crippen LogP contribution is 2.21. The number of anilines is 2. The Morgan fingerprint density at radius 2 is 1.79 bits per heavy atom. The van der Waals surface area contributed by atoms with Gasteiger partial charge in [-0.1, -0.05) is 35.5 Å².